The number of aryl methyl sites for hydroxylation is 1. The Morgan fingerprint density at radius 2 is 1.93 bits per heavy atom. The number of amides is 1. The zero-order valence-electron chi connectivity index (χ0n) is 16.6. The van der Waals surface area contributed by atoms with Gasteiger partial charge in [0.05, 0.1) is 13.1 Å². The maximum absolute atomic E-state index is 13.0. The fourth-order valence-corrected chi connectivity index (χ4v) is 3.54. The van der Waals surface area contributed by atoms with Crippen molar-refractivity contribution in [2.45, 2.75) is 52.7 Å². The molecular formula is C20H27N5O3. The van der Waals surface area contributed by atoms with Gasteiger partial charge in [0, 0.05) is 24.3 Å². The summed E-state index contributed by atoms with van der Waals surface area (Å²) in [4.78, 5) is 28.5. The molecule has 8 nitrogen and oxygen atoms in total. The molecule has 28 heavy (non-hydrogen) atoms. The number of aromatic nitrogens is 3. The predicted molar refractivity (Wildman–Crippen MR) is 105 cm³/mol. The van der Waals surface area contributed by atoms with Gasteiger partial charge in [0.25, 0.3) is 5.91 Å². The minimum absolute atomic E-state index is 0.135. The number of nitrogens with zero attached hydrogens (tertiary/aromatic N) is 5. The normalized spacial score (nSPS) is 16.0. The summed E-state index contributed by atoms with van der Waals surface area (Å²) in [5.74, 6) is -0.0657. The number of rotatable bonds is 7. The summed E-state index contributed by atoms with van der Waals surface area (Å²) >= 11 is 0. The molecule has 1 unspecified atom stereocenters. The Hall–Kier alpha value is -2.90. The minimum atomic E-state index is -1.03. The lowest BCUT2D eigenvalue weighted by molar-refractivity contribution is -0.143. The molecule has 1 aliphatic rings. The van der Waals surface area contributed by atoms with Crippen molar-refractivity contribution in [3.05, 3.63) is 41.5 Å². The Morgan fingerprint density at radius 3 is 2.54 bits per heavy atom. The smallest absolute Gasteiger partial charge is 0.328 e. The molecule has 8 heteroatoms. The van der Waals surface area contributed by atoms with Gasteiger partial charge in [0.15, 0.2) is 5.82 Å². The van der Waals surface area contributed by atoms with E-state index in [0.717, 1.165) is 31.6 Å². The molecule has 0 spiro atoms. The van der Waals surface area contributed by atoms with Crippen LogP contribution in [-0.4, -0.2) is 55.8 Å². The summed E-state index contributed by atoms with van der Waals surface area (Å²) in [5.41, 5.74) is 1.54. The molecule has 1 aromatic heterocycles. The van der Waals surface area contributed by atoms with E-state index < -0.39 is 12.0 Å². The van der Waals surface area contributed by atoms with Crippen LogP contribution in [0.4, 0.5) is 5.69 Å². The van der Waals surface area contributed by atoms with Crippen LogP contribution < -0.4 is 4.90 Å². The number of benzene rings is 1. The molecule has 0 saturated heterocycles. The Morgan fingerprint density at radius 1 is 1.21 bits per heavy atom. The molecule has 0 radical (unpaired) electrons. The highest BCUT2D eigenvalue weighted by molar-refractivity contribution is 5.97. The van der Waals surface area contributed by atoms with Crippen LogP contribution in [0.1, 0.15) is 48.7 Å². The first-order chi connectivity index (χ1) is 13.5. The maximum atomic E-state index is 13.0. The van der Waals surface area contributed by atoms with Crippen LogP contribution in [0, 0.1) is 6.92 Å². The van der Waals surface area contributed by atoms with Crippen LogP contribution in [0.3, 0.4) is 0 Å². The Bertz CT molecular complexity index is 846. The third-order valence-electron chi connectivity index (χ3n) is 5.24. The first-order valence-electron chi connectivity index (χ1n) is 9.73. The first kappa shape index (κ1) is 19.9. The summed E-state index contributed by atoms with van der Waals surface area (Å²) in [6.45, 7) is 8.22. The molecule has 3 rings (SSSR count). The Balaban J connectivity index is 1.81. The highest BCUT2D eigenvalue weighted by atomic mass is 16.4. The van der Waals surface area contributed by atoms with E-state index >= 15 is 0 Å². The van der Waals surface area contributed by atoms with Crippen molar-refractivity contribution >= 4 is 17.6 Å². The molecule has 1 aromatic carbocycles. The van der Waals surface area contributed by atoms with E-state index in [-0.39, 0.29) is 19.0 Å². The van der Waals surface area contributed by atoms with Gasteiger partial charge in [-0.15, -0.1) is 10.2 Å². The zero-order chi connectivity index (χ0) is 20.3. The van der Waals surface area contributed by atoms with Gasteiger partial charge in [0.2, 0.25) is 0 Å². The van der Waals surface area contributed by atoms with Gasteiger partial charge in [-0.05, 0) is 44.5 Å². The van der Waals surface area contributed by atoms with Gasteiger partial charge < -0.3 is 19.5 Å². The van der Waals surface area contributed by atoms with Gasteiger partial charge in [-0.2, -0.15) is 0 Å². The van der Waals surface area contributed by atoms with Crippen LogP contribution in [0.2, 0.25) is 0 Å². The number of unbranched alkanes of at least 4 members (excludes halogenated alkanes) is 1. The lowest BCUT2D eigenvalue weighted by Crippen LogP contribution is -2.50. The molecule has 2 heterocycles. The largest absolute Gasteiger partial charge is 0.480 e. The average Bonchev–Trinajstić information content (AvgIpc) is 3.07. The van der Waals surface area contributed by atoms with E-state index in [0.29, 0.717) is 17.2 Å². The SMILES string of the molecule is CCCCN(CC)c1ccc(C(=O)N2Cc3nnc(C)n3CC2C(=O)O)cc1. The van der Waals surface area contributed by atoms with Crippen molar-refractivity contribution in [1.29, 1.82) is 0 Å². The van der Waals surface area contributed by atoms with Crippen LogP contribution in [0.15, 0.2) is 24.3 Å². The lowest BCUT2D eigenvalue weighted by atomic mass is 10.1. The quantitative estimate of drug-likeness (QED) is 0.786. The molecule has 2 aromatic rings. The second kappa shape index (κ2) is 8.41. The number of fused-ring (bicyclic) bond motifs is 1. The van der Waals surface area contributed by atoms with E-state index in [1.54, 1.807) is 23.6 Å². The number of carbonyl (C=O) groups is 2. The van der Waals surface area contributed by atoms with Gasteiger partial charge in [-0.3, -0.25) is 4.79 Å². The summed E-state index contributed by atoms with van der Waals surface area (Å²) < 4.78 is 1.76. The van der Waals surface area contributed by atoms with Gasteiger partial charge in [0.1, 0.15) is 11.9 Å². The van der Waals surface area contributed by atoms with Crippen molar-refractivity contribution in [3.63, 3.8) is 0 Å². The highest BCUT2D eigenvalue weighted by Crippen LogP contribution is 2.22. The number of anilines is 1. The zero-order valence-corrected chi connectivity index (χ0v) is 16.6. The van der Waals surface area contributed by atoms with Gasteiger partial charge >= 0.3 is 5.97 Å². The number of hydrogen-bond donors (Lipinski definition) is 1. The predicted octanol–water partition coefficient (Wildman–Crippen LogP) is 2.32. The average molecular weight is 385 g/mol. The number of carboxylic acids is 1. The summed E-state index contributed by atoms with van der Waals surface area (Å²) in [6.07, 6.45) is 2.24. The van der Waals surface area contributed by atoms with Crippen LogP contribution in [0.5, 0.6) is 0 Å². The van der Waals surface area contributed by atoms with E-state index in [9.17, 15) is 14.7 Å². The second-order valence-corrected chi connectivity index (χ2v) is 7.04. The molecule has 0 bridgehead atoms. The van der Waals surface area contributed by atoms with Crippen molar-refractivity contribution in [1.82, 2.24) is 19.7 Å². The van der Waals surface area contributed by atoms with E-state index in [2.05, 4.69) is 28.9 Å². The standard InChI is InChI=1S/C20H27N5O3/c1-4-6-11-23(5-2)16-9-7-15(8-10-16)19(26)25-13-18-22-21-14(3)24(18)12-17(25)20(27)28/h7-10,17H,4-6,11-13H2,1-3H3,(H,27,28). The molecule has 0 saturated carbocycles. The highest BCUT2D eigenvalue weighted by Gasteiger charge is 2.36. The third kappa shape index (κ3) is 3.85. The number of carbonyl (C=O) groups excluding carboxylic acids is 1. The Labute approximate surface area is 164 Å². The van der Waals surface area contributed by atoms with Gasteiger partial charge in [-0.25, -0.2) is 4.79 Å². The molecule has 1 atom stereocenters. The molecule has 150 valence electrons. The topological polar surface area (TPSA) is 91.6 Å². The first-order valence-corrected chi connectivity index (χ1v) is 9.73. The van der Waals surface area contributed by atoms with Crippen molar-refractivity contribution < 1.29 is 14.7 Å². The molecular weight excluding hydrogens is 358 g/mol. The summed E-state index contributed by atoms with van der Waals surface area (Å²) in [5, 5.41) is 17.7. The van der Waals surface area contributed by atoms with Crippen LogP contribution >= 0.6 is 0 Å². The van der Waals surface area contributed by atoms with Crippen molar-refractivity contribution in [3.8, 4) is 0 Å². The maximum Gasteiger partial charge on any atom is 0.328 e. The summed E-state index contributed by atoms with van der Waals surface area (Å²) in [6, 6.07) is 6.47. The lowest BCUT2D eigenvalue weighted by Gasteiger charge is -2.33. The fourth-order valence-electron chi connectivity index (χ4n) is 3.54. The van der Waals surface area contributed by atoms with E-state index in [4.69, 9.17) is 0 Å². The van der Waals surface area contributed by atoms with Crippen LogP contribution in [0.25, 0.3) is 0 Å². The molecule has 1 amide bonds. The molecule has 0 fully saturated rings. The molecule has 1 aliphatic heterocycles. The molecule has 0 aliphatic carbocycles. The number of carboxylic acid groups (broad SMARTS) is 1. The van der Waals surface area contributed by atoms with Crippen molar-refractivity contribution in [2.24, 2.45) is 0 Å². The van der Waals surface area contributed by atoms with Crippen molar-refractivity contribution in [2.75, 3.05) is 18.0 Å². The monoisotopic (exact) mass is 385 g/mol. The van der Waals surface area contributed by atoms with Crippen LogP contribution in [-0.2, 0) is 17.9 Å². The second-order valence-electron chi connectivity index (χ2n) is 7.04. The summed E-state index contributed by atoms with van der Waals surface area (Å²) in [7, 11) is 0. The van der Waals surface area contributed by atoms with E-state index in [1.807, 2.05) is 12.1 Å². The Kier molecular flexibility index (Phi) is 5.96. The fraction of sp³-hybridized carbons (Fsp3) is 0.500. The van der Waals surface area contributed by atoms with Gasteiger partial charge in [-0.1, -0.05) is 13.3 Å². The molecule has 1 N–H and O–H groups in total. The minimum Gasteiger partial charge on any atom is -0.480 e. The number of aliphatic carboxylic acids is 1. The third-order valence-corrected chi connectivity index (χ3v) is 5.24. The number of hydrogen-bond acceptors (Lipinski definition) is 5. The van der Waals surface area contributed by atoms with E-state index in [1.165, 1.54) is 4.90 Å².